The second-order valence-electron chi connectivity index (χ2n) is 13.4. The van der Waals surface area contributed by atoms with E-state index in [1.165, 1.54) is 67.0 Å². The van der Waals surface area contributed by atoms with Gasteiger partial charge in [-0.3, -0.25) is 4.98 Å². The van der Waals surface area contributed by atoms with Crippen molar-refractivity contribution in [1.29, 1.82) is 0 Å². The van der Waals surface area contributed by atoms with Crippen molar-refractivity contribution >= 4 is 57.0 Å². The van der Waals surface area contributed by atoms with Crippen molar-refractivity contribution in [1.82, 2.24) is 4.98 Å². The monoisotopic (exact) mass is 828 g/mol. The Bertz CT molecular complexity index is 2180. The second-order valence-corrected chi connectivity index (χ2v) is 19.2. The summed E-state index contributed by atoms with van der Waals surface area (Å²) in [6.07, 6.45) is 3.86. The van der Waals surface area contributed by atoms with Gasteiger partial charge in [0, 0.05) is 30.7 Å². The quantitative estimate of drug-likeness (QED) is 0.132. The van der Waals surface area contributed by atoms with Gasteiger partial charge in [0.1, 0.15) is 0 Å². The number of halogens is 2. The van der Waals surface area contributed by atoms with Crippen LogP contribution in [-0.4, -0.2) is 22.2 Å². The van der Waals surface area contributed by atoms with Gasteiger partial charge in [0.2, 0.25) is 0 Å². The molecule has 0 atom stereocenters. The van der Waals surface area contributed by atoms with E-state index in [2.05, 4.69) is 124 Å². The van der Waals surface area contributed by atoms with E-state index in [0.717, 1.165) is 28.1 Å². The van der Waals surface area contributed by atoms with Gasteiger partial charge in [0.05, 0.1) is 5.52 Å². The zero-order chi connectivity index (χ0) is 36.9. The summed E-state index contributed by atoms with van der Waals surface area (Å²) in [5.74, 6) is 0. The van der Waals surface area contributed by atoms with E-state index in [1.54, 1.807) is 12.3 Å². The van der Waals surface area contributed by atoms with E-state index in [1.807, 2.05) is 48.5 Å². The van der Waals surface area contributed by atoms with Crippen LogP contribution in [0.4, 0.5) is 17.1 Å². The maximum Gasteiger partial charge on any atom is 0.0551 e. The molecule has 53 heavy (non-hydrogen) atoms. The van der Waals surface area contributed by atoms with Gasteiger partial charge in [-0.25, -0.2) is 0 Å². The van der Waals surface area contributed by atoms with Crippen LogP contribution in [0, 0.1) is 48.2 Å². The number of allylic oxidation sites excluding steroid dienone is 1. The molecule has 1 N–H and O–H groups in total. The molecule has 1 saturated heterocycles. The Balaban J connectivity index is 0.000000161. The van der Waals surface area contributed by atoms with Crippen molar-refractivity contribution < 1.29 is 13.5 Å². The third-order valence-corrected chi connectivity index (χ3v) is 12.4. The molecule has 0 spiro atoms. The van der Waals surface area contributed by atoms with Crippen LogP contribution >= 0.6 is 19.4 Å². The molecule has 0 amide bonds. The molecule has 1 aromatic heterocycles. The molecule has 2 aliphatic rings. The molecule has 0 unspecified atom stereocenters. The molecule has 4 nitrogen and oxygen atoms in total. The Morgan fingerprint density at radius 3 is 1.68 bits per heavy atom. The first-order valence-electron chi connectivity index (χ1n) is 17.3. The number of benzene rings is 5. The van der Waals surface area contributed by atoms with Crippen molar-refractivity contribution in [2.45, 2.75) is 49.0 Å². The molecule has 1 aliphatic heterocycles. The molecule has 1 fully saturated rings. The van der Waals surface area contributed by atoms with E-state index < -0.39 is 13.5 Å². The van der Waals surface area contributed by atoms with Gasteiger partial charge in [-0.15, -0.1) is 5.69 Å². The summed E-state index contributed by atoms with van der Waals surface area (Å²) in [6.45, 7) is 17.6. The van der Waals surface area contributed by atoms with Gasteiger partial charge in [0.25, 0.3) is 0 Å². The Kier molecular flexibility index (Phi) is 13.3. The topological polar surface area (TPSA) is 43.2 Å². The van der Waals surface area contributed by atoms with Crippen LogP contribution < -0.4 is 9.80 Å². The van der Waals surface area contributed by atoms with Crippen molar-refractivity contribution in [3.8, 4) is 0 Å². The Morgan fingerprint density at radius 1 is 0.642 bits per heavy atom. The van der Waals surface area contributed by atoms with Crippen LogP contribution in [0.2, 0.25) is 0 Å². The largest absolute Gasteiger partial charge is 0.697 e. The average molecular weight is 829 g/mol. The van der Waals surface area contributed by atoms with Gasteiger partial charge >= 0.3 is 120 Å². The van der Waals surface area contributed by atoms with E-state index in [0.29, 0.717) is 5.69 Å². The van der Waals surface area contributed by atoms with Gasteiger partial charge in [-0.2, -0.15) is 6.67 Å². The predicted molar refractivity (Wildman–Crippen MR) is 229 cm³/mol. The summed E-state index contributed by atoms with van der Waals surface area (Å²) < 4.78 is 1.12. The normalized spacial score (nSPS) is 13.3. The van der Waals surface area contributed by atoms with Gasteiger partial charge in [0.15, 0.2) is 0 Å². The van der Waals surface area contributed by atoms with Crippen LogP contribution in [0.25, 0.3) is 22.2 Å². The molecule has 0 bridgehead atoms. The minimum atomic E-state index is -1.88. The van der Waals surface area contributed by atoms with Gasteiger partial charge < -0.3 is 15.5 Å². The summed E-state index contributed by atoms with van der Waals surface area (Å²) in [5, 5.41) is 1.03. The summed E-state index contributed by atoms with van der Waals surface area (Å²) >= 11 is -1.88. The smallest absolute Gasteiger partial charge is 0.0551 e. The SMILES string of the molecule is C.Cc1cc(C)c(N2[CH-]N(c3c(C)cc(C)cc3C)CC2)c(C)c1.[Cl][Ru]([Cl])=[C]1C=C(c2ccccc2)c2ccccc21.[NH-]c1cccc2cccnc12. The van der Waals surface area contributed by atoms with Crippen LogP contribution in [0.5, 0.6) is 0 Å². The van der Waals surface area contributed by atoms with Crippen LogP contribution in [0.1, 0.15) is 57.5 Å². The average Bonchev–Trinajstić information content (AvgIpc) is 3.74. The Morgan fingerprint density at radius 2 is 1.15 bits per heavy atom. The summed E-state index contributed by atoms with van der Waals surface area (Å²) in [5.41, 5.74) is 24.5. The van der Waals surface area contributed by atoms with Crippen molar-refractivity contribution in [2.75, 3.05) is 22.9 Å². The number of aromatic nitrogens is 1. The predicted octanol–water partition coefficient (Wildman–Crippen LogP) is 13.1. The molecule has 5 aromatic carbocycles. The van der Waals surface area contributed by atoms with Gasteiger partial charge in [-0.05, 0) is 75.2 Å². The zero-order valence-electron chi connectivity index (χ0n) is 30.5. The third kappa shape index (κ3) is 9.10. The first-order valence-corrected chi connectivity index (χ1v) is 22.7. The fourth-order valence-corrected chi connectivity index (χ4v) is 9.84. The number of anilines is 2. The van der Waals surface area contributed by atoms with E-state index in [4.69, 9.17) is 25.1 Å². The number of hydrogen-bond acceptors (Lipinski definition) is 3. The maximum absolute atomic E-state index is 7.50. The third-order valence-electron chi connectivity index (χ3n) is 9.30. The van der Waals surface area contributed by atoms with Crippen LogP contribution in [0.3, 0.4) is 0 Å². The molecule has 2 heterocycles. The summed E-state index contributed by atoms with van der Waals surface area (Å²) in [6, 6.07) is 37.2. The molecule has 276 valence electrons. The number of nitrogens with zero attached hydrogens (tertiary/aromatic N) is 3. The molecular formula is C46H48Cl2N4Ru-2. The zero-order valence-corrected chi connectivity index (χ0v) is 33.7. The Labute approximate surface area is 329 Å². The number of rotatable bonds is 3. The minimum absolute atomic E-state index is 0. The van der Waals surface area contributed by atoms with Crippen molar-refractivity contribution in [2.24, 2.45) is 0 Å². The molecule has 0 radical (unpaired) electrons. The first-order chi connectivity index (χ1) is 25.0. The first kappa shape index (κ1) is 39.9. The molecule has 1 aliphatic carbocycles. The standard InChI is InChI=1S/C21H27N2.C15H10.C9H7N2.CH4.2ClH.Ru/c1-14-9-16(3)20(17(4)10-14)22-7-8-23(13-22)21-18(5)11-15(2)12-19(21)6;1-2-6-12(7-3-1)15-11-10-13-8-4-5-9-14(13)15;10-8-5-1-3-7-4-2-6-11-9(7)8;;;;/h9-13H,7-8H2,1-6H3;1-9,11H;1-6,10H;1H4;2*1H;/q-1;;-1;;;;+2/p-2. The number of para-hydroxylation sites is 1. The second kappa shape index (κ2) is 17.7. The molecule has 8 rings (SSSR count). The van der Waals surface area contributed by atoms with Crippen LogP contribution in [0.15, 0.2) is 121 Å². The molecule has 6 aromatic rings. The maximum atomic E-state index is 7.50. The number of aryl methyl sites for hydroxylation is 6. The number of nitrogens with one attached hydrogen (secondary N) is 1. The van der Waals surface area contributed by atoms with E-state index in [-0.39, 0.29) is 7.43 Å². The minimum Gasteiger partial charge on any atom is -0.697 e. The molecule has 0 saturated carbocycles. The fourth-order valence-electron chi connectivity index (χ4n) is 7.36. The molecular weight excluding hydrogens is 781 g/mol. The van der Waals surface area contributed by atoms with E-state index >= 15 is 0 Å². The Hall–Kier alpha value is -4.28. The van der Waals surface area contributed by atoms with Crippen molar-refractivity contribution in [3.63, 3.8) is 0 Å². The number of hydrogen-bond donors (Lipinski definition) is 0. The van der Waals surface area contributed by atoms with Crippen molar-refractivity contribution in [3.05, 3.63) is 184 Å². The van der Waals surface area contributed by atoms with E-state index in [9.17, 15) is 0 Å². The summed E-state index contributed by atoms with van der Waals surface area (Å²) in [7, 11) is 12.4. The summed E-state index contributed by atoms with van der Waals surface area (Å²) in [4.78, 5) is 8.90. The fraction of sp³-hybridized carbons (Fsp3) is 0.196. The number of pyridine rings is 1. The number of fused-ring (bicyclic) bond motifs is 2. The molecule has 7 heteroatoms. The van der Waals surface area contributed by atoms with Gasteiger partial charge in [-0.1, -0.05) is 67.1 Å². The van der Waals surface area contributed by atoms with Crippen LogP contribution in [-0.2, 0) is 13.5 Å².